The zero-order valence-corrected chi connectivity index (χ0v) is 13.3. The quantitative estimate of drug-likeness (QED) is 0.911. The summed E-state index contributed by atoms with van der Waals surface area (Å²) in [4.78, 5) is 11.7. The van der Waals surface area contributed by atoms with Gasteiger partial charge in [0.2, 0.25) is 0 Å². The van der Waals surface area contributed by atoms with Gasteiger partial charge in [-0.25, -0.2) is 9.97 Å². The van der Waals surface area contributed by atoms with Crippen LogP contribution in [0.15, 0.2) is 12.4 Å². The highest BCUT2D eigenvalue weighted by molar-refractivity contribution is 7.18. The van der Waals surface area contributed by atoms with Crippen molar-refractivity contribution in [2.45, 2.75) is 31.5 Å². The van der Waals surface area contributed by atoms with Gasteiger partial charge in [-0.15, -0.1) is 11.3 Å². The fraction of sp³-hybridized carbons (Fsp3) is 0.600. The Hall–Kier alpha value is -1.41. The van der Waals surface area contributed by atoms with E-state index in [2.05, 4.69) is 20.2 Å². The Morgan fingerprint density at radius 2 is 2.17 bits per heavy atom. The van der Waals surface area contributed by atoms with Gasteiger partial charge in [0.25, 0.3) is 0 Å². The number of thiophene rings is 1. The van der Waals surface area contributed by atoms with Crippen LogP contribution < -0.4 is 10.2 Å². The van der Waals surface area contributed by atoms with Gasteiger partial charge in [0, 0.05) is 24.0 Å². The second-order valence-electron chi connectivity index (χ2n) is 6.26. The van der Waals surface area contributed by atoms with Crippen molar-refractivity contribution in [3.05, 3.63) is 17.3 Å². The summed E-state index contributed by atoms with van der Waals surface area (Å²) in [5.41, 5.74) is 0. The van der Waals surface area contributed by atoms with Crippen LogP contribution in [0, 0.1) is 5.92 Å². The van der Waals surface area contributed by atoms with E-state index in [9.17, 15) is 13.2 Å². The lowest BCUT2D eigenvalue weighted by molar-refractivity contribution is -0.126. The van der Waals surface area contributed by atoms with E-state index in [0.717, 1.165) is 55.0 Å². The Bertz CT molecular complexity index is 714. The highest BCUT2D eigenvalue weighted by atomic mass is 32.1. The fourth-order valence-electron chi connectivity index (χ4n) is 3.67. The summed E-state index contributed by atoms with van der Waals surface area (Å²) in [5.74, 6) is 1.38. The molecule has 0 radical (unpaired) electrons. The second kappa shape index (κ2) is 5.59. The van der Waals surface area contributed by atoms with Crippen molar-refractivity contribution in [3.8, 4) is 0 Å². The normalized spacial score (nSPS) is 25.1. The Morgan fingerprint density at radius 1 is 1.30 bits per heavy atom. The maximum absolute atomic E-state index is 12.6. The molecule has 2 saturated heterocycles. The molecule has 23 heavy (non-hydrogen) atoms. The maximum atomic E-state index is 12.6. The van der Waals surface area contributed by atoms with E-state index in [1.165, 1.54) is 6.33 Å². The van der Waals surface area contributed by atoms with Crippen molar-refractivity contribution in [3.63, 3.8) is 0 Å². The number of nitrogens with one attached hydrogen (secondary N) is 1. The van der Waals surface area contributed by atoms with Gasteiger partial charge in [-0.3, -0.25) is 0 Å². The molecule has 0 aromatic carbocycles. The average molecular weight is 342 g/mol. The van der Waals surface area contributed by atoms with E-state index in [-0.39, 0.29) is 0 Å². The third kappa shape index (κ3) is 3.01. The van der Waals surface area contributed by atoms with Crippen LogP contribution in [0.3, 0.4) is 0 Å². The van der Waals surface area contributed by atoms with E-state index in [1.807, 2.05) is 0 Å². The van der Waals surface area contributed by atoms with Gasteiger partial charge in [-0.1, -0.05) is 0 Å². The standard InChI is InChI=1S/C15H17F3N4S/c16-15(17,18)6-10-5-11-13(20-8-21-14(11)23-10)22-4-2-12-9(7-22)1-3-19-12/h5,8-9,12,19H,1-4,6-7H2/t9-,12+/m0/s1. The van der Waals surface area contributed by atoms with Gasteiger partial charge in [-0.05, 0) is 31.4 Å². The largest absolute Gasteiger partial charge is 0.393 e. The van der Waals surface area contributed by atoms with Crippen molar-refractivity contribution in [2.24, 2.45) is 5.92 Å². The molecule has 0 saturated carbocycles. The minimum Gasteiger partial charge on any atom is -0.356 e. The predicted octanol–water partition coefficient (Wildman–Crippen LogP) is 2.98. The lowest BCUT2D eigenvalue weighted by atomic mass is 9.93. The Morgan fingerprint density at radius 3 is 3.00 bits per heavy atom. The number of hydrogen-bond acceptors (Lipinski definition) is 5. The molecule has 4 heterocycles. The number of aromatic nitrogens is 2. The number of piperidine rings is 1. The predicted molar refractivity (Wildman–Crippen MR) is 83.9 cm³/mol. The Balaban J connectivity index is 1.64. The monoisotopic (exact) mass is 342 g/mol. The van der Waals surface area contributed by atoms with Gasteiger partial charge < -0.3 is 10.2 Å². The van der Waals surface area contributed by atoms with Crippen LogP contribution in [0.2, 0.25) is 0 Å². The Kier molecular flexibility index (Phi) is 3.68. The van der Waals surface area contributed by atoms with Crippen LogP contribution >= 0.6 is 11.3 Å². The van der Waals surface area contributed by atoms with Gasteiger partial charge >= 0.3 is 6.18 Å². The molecule has 1 N–H and O–H groups in total. The highest BCUT2D eigenvalue weighted by Crippen LogP contribution is 2.35. The minimum atomic E-state index is -4.19. The molecule has 2 aliphatic heterocycles. The van der Waals surface area contributed by atoms with Crippen LogP contribution in [-0.4, -0.2) is 41.8 Å². The smallest absolute Gasteiger partial charge is 0.356 e. The molecule has 0 bridgehead atoms. The minimum absolute atomic E-state index is 0.298. The number of fused-ring (bicyclic) bond motifs is 2. The molecule has 8 heteroatoms. The molecule has 0 aliphatic carbocycles. The third-order valence-corrected chi connectivity index (χ3v) is 5.73. The van der Waals surface area contributed by atoms with Crippen molar-refractivity contribution in [1.82, 2.24) is 15.3 Å². The molecule has 2 aromatic heterocycles. The summed E-state index contributed by atoms with van der Waals surface area (Å²) < 4.78 is 37.9. The average Bonchev–Trinajstić information content (AvgIpc) is 3.09. The number of rotatable bonds is 2. The number of anilines is 1. The highest BCUT2D eigenvalue weighted by Gasteiger charge is 2.34. The lowest BCUT2D eigenvalue weighted by Crippen LogP contribution is -2.44. The lowest BCUT2D eigenvalue weighted by Gasteiger charge is -2.35. The van der Waals surface area contributed by atoms with Gasteiger partial charge in [-0.2, -0.15) is 13.2 Å². The molecule has 2 atom stereocenters. The molecule has 2 fully saturated rings. The first kappa shape index (κ1) is 15.1. The number of nitrogens with zero attached hydrogens (tertiary/aromatic N) is 3. The van der Waals surface area contributed by atoms with Gasteiger partial charge in [0.1, 0.15) is 17.0 Å². The first-order chi connectivity index (χ1) is 11.0. The summed E-state index contributed by atoms with van der Waals surface area (Å²) in [6.45, 7) is 2.84. The molecule has 2 aromatic rings. The molecular formula is C15H17F3N4S. The first-order valence-electron chi connectivity index (χ1n) is 7.78. The van der Waals surface area contributed by atoms with Crippen LogP contribution in [-0.2, 0) is 6.42 Å². The van der Waals surface area contributed by atoms with Crippen LogP contribution in [0.5, 0.6) is 0 Å². The molecule has 2 aliphatic rings. The van der Waals surface area contributed by atoms with Crippen LogP contribution in [0.1, 0.15) is 17.7 Å². The topological polar surface area (TPSA) is 41.0 Å². The zero-order chi connectivity index (χ0) is 16.0. The van der Waals surface area contributed by atoms with E-state index < -0.39 is 12.6 Å². The van der Waals surface area contributed by atoms with E-state index in [1.54, 1.807) is 6.07 Å². The molecule has 124 valence electrons. The molecule has 0 amide bonds. The van der Waals surface area contributed by atoms with Gasteiger partial charge in [0.05, 0.1) is 11.8 Å². The summed E-state index contributed by atoms with van der Waals surface area (Å²) in [7, 11) is 0. The molecule has 0 unspecified atom stereocenters. The summed E-state index contributed by atoms with van der Waals surface area (Å²) >= 11 is 1.11. The van der Waals surface area contributed by atoms with E-state index in [4.69, 9.17) is 0 Å². The van der Waals surface area contributed by atoms with E-state index >= 15 is 0 Å². The third-order valence-electron chi connectivity index (χ3n) is 4.69. The maximum Gasteiger partial charge on any atom is 0.393 e. The van der Waals surface area contributed by atoms with Crippen molar-refractivity contribution in [1.29, 1.82) is 0 Å². The first-order valence-corrected chi connectivity index (χ1v) is 8.60. The summed E-state index contributed by atoms with van der Waals surface area (Å²) in [5, 5.41) is 4.27. The number of hydrogen-bond donors (Lipinski definition) is 1. The van der Waals surface area contributed by atoms with Crippen molar-refractivity contribution >= 4 is 27.4 Å². The van der Waals surface area contributed by atoms with Crippen LogP contribution in [0.4, 0.5) is 19.0 Å². The van der Waals surface area contributed by atoms with Crippen LogP contribution in [0.25, 0.3) is 10.2 Å². The fourth-order valence-corrected chi connectivity index (χ4v) is 4.69. The van der Waals surface area contributed by atoms with Crippen molar-refractivity contribution < 1.29 is 13.2 Å². The Labute approximate surface area is 135 Å². The second-order valence-corrected chi connectivity index (χ2v) is 7.38. The van der Waals surface area contributed by atoms with Gasteiger partial charge in [0.15, 0.2) is 0 Å². The number of halogens is 3. The molecular weight excluding hydrogens is 325 g/mol. The molecule has 0 spiro atoms. The number of alkyl halides is 3. The molecule has 4 nitrogen and oxygen atoms in total. The zero-order valence-electron chi connectivity index (χ0n) is 12.4. The van der Waals surface area contributed by atoms with E-state index in [0.29, 0.717) is 21.7 Å². The molecule has 4 rings (SSSR count). The van der Waals surface area contributed by atoms with Crippen molar-refractivity contribution in [2.75, 3.05) is 24.5 Å². The summed E-state index contributed by atoms with van der Waals surface area (Å²) in [6, 6.07) is 2.19. The summed E-state index contributed by atoms with van der Waals surface area (Å²) in [6.07, 6.45) is -1.43. The SMILES string of the molecule is FC(F)(F)Cc1cc2c(N3CC[C@H]4NCC[C@H]4C3)ncnc2s1.